The molecular weight excluding hydrogens is 278 g/mol. The van der Waals surface area contributed by atoms with E-state index >= 15 is 0 Å². The highest BCUT2D eigenvalue weighted by atomic mass is 16.2. The number of aromatic amines is 1. The van der Waals surface area contributed by atoms with Crippen molar-refractivity contribution in [3.05, 3.63) is 36.0 Å². The number of amides is 1. The van der Waals surface area contributed by atoms with Gasteiger partial charge >= 0.3 is 0 Å². The van der Waals surface area contributed by atoms with Crippen molar-refractivity contribution in [3.8, 4) is 11.3 Å². The monoisotopic (exact) mass is 299 g/mol. The number of rotatable bonds is 4. The van der Waals surface area contributed by atoms with Crippen molar-refractivity contribution in [2.75, 3.05) is 32.7 Å². The molecule has 1 N–H and O–H groups in total. The third-order valence-corrected chi connectivity index (χ3v) is 4.00. The number of nitrogens with zero attached hydrogens (tertiary/aromatic N) is 4. The third kappa shape index (κ3) is 3.01. The predicted octanol–water partition coefficient (Wildman–Crippen LogP) is 1.64. The first-order chi connectivity index (χ1) is 10.8. The highest BCUT2D eigenvalue weighted by Gasteiger charge is 2.26. The quantitative estimate of drug-likeness (QED) is 0.932. The van der Waals surface area contributed by atoms with Crippen LogP contribution in [0.4, 0.5) is 0 Å². The summed E-state index contributed by atoms with van der Waals surface area (Å²) in [6, 6.07) is 9.68. The number of benzene rings is 1. The van der Waals surface area contributed by atoms with Gasteiger partial charge in [-0.2, -0.15) is 15.4 Å². The van der Waals surface area contributed by atoms with Gasteiger partial charge in [0.1, 0.15) is 5.69 Å². The molecule has 1 fully saturated rings. The topological polar surface area (TPSA) is 65.1 Å². The number of carbonyl (C=O) groups excluding carboxylic acids is 1. The molecule has 1 aromatic heterocycles. The highest BCUT2D eigenvalue weighted by Crippen LogP contribution is 2.20. The zero-order chi connectivity index (χ0) is 15.4. The van der Waals surface area contributed by atoms with E-state index in [0.29, 0.717) is 11.4 Å². The summed E-state index contributed by atoms with van der Waals surface area (Å²) >= 11 is 0. The van der Waals surface area contributed by atoms with Crippen LogP contribution in [0.2, 0.25) is 0 Å². The van der Waals surface area contributed by atoms with E-state index < -0.39 is 0 Å². The molecule has 22 heavy (non-hydrogen) atoms. The normalized spacial score (nSPS) is 16.0. The summed E-state index contributed by atoms with van der Waals surface area (Å²) in [5.74, 6) is -0.0382. The number of H-pyrrole nitrogens is 1. The molecule has 116 valence electrons. The Morgan fingerprint density at radius 2 is 1.86 bits per heavy atom. The van der Waals surface area contributed by atoms with E-state index in [-0.39, 0.29) is 5.91 Å². The molecule has 0 saturated carbocycles. The summed E-state index contributed by atoms with van der Waals surface area (Å²) in [6.07, 6.45) is 1.15. The van der Waals surface area contributed by atoms with Gasteiger partial charge in [0.25, 0.3) is 5.91 Å². The van der Waals surface area contributed by atoms with Crippen LogP contribution in [-0.2, 0) is 0 Å². The first-order valence-corrected chi connectivity index (χ1v) is 7.77. The van der Waals surface area contributed by atoms with Crippen molar-refractivity contribution in [2.24, 2.45) is 0 Å². The van der Waals surface area contributed by atoms with E-state index in [1.165, 1.54) is 0 Å². The molecule has 0 bridgehead atoms. The Bertz CT molecular complexity index is 616. The van der Waals surface area contributed by atoms with Crippen LogP contribution < -0.4 is 0 Å². The largest absolute Gasteiger partial charge is 0.335 e. The van der Waals surface area contributed by atoms with Crippen molar-refractivity contribution < 1.29 is 4.79 Å². The second kappa shape index (κ2) is 6.70. The Balaban J connectivity index is 1.73. The minimum Gasteiger partial charge on any atom is -0.335 e. The average Bonchev–Trinajstić information content (AvgIpc) is 3.06. The third-order valence-electron chi connectivity index (χ3n) is 4.00. The minimum absolute atomic E-state index is 0.0382. The van der Waals surface area contributed by atoms with Gasteiger partial charge in [-0.25, -0.2) is 0 Å². The Labute approximate surface area is 130 Å². The van der Waals surface area contributed by atoms with Crippen molar-refractivity contribution >= 4 is 5.91 Å². The number of piperazine rings is 1. The second-order valence-corrected chi connectivity index (χ2v) is 5.52. The van der Waals surface area contributed by atoms with Crippen molar-refractivity contribution in [3.63, 3.8) is 0 Å². The molecule has 6 nitrogen and oxygen atoms in total. The summed E-state index contributed by atoms with van der Waals surface area (Å²) in [5.41, 5.74) is 1.95. The van der Waals surface area contributed by atoms with Gasteiger partial charge in [0.15, 0.2) is 5.69 Å². The van der Waals surface area contributed by atoms with E-state index in [1.54, 1.807) is 0 Å². The second-order valence-electron chi connectivity index (χ2n) is 5.52. The van der Waals surface area contributed by atoms with Crippen LogP contribution in [0.1, 0.15) is 23.8 Å². The van der Waals surface area contributed by atoms with Crippen LogP contribution in [0.5, 0.6) is 0 Å². The maximum Gasteiger partial charge on any atom is 0.276 e. The van der Waals surface area contributed by atoms with E-state index in [1.807, 2.05) is 35.2 Å². The molecular formula is C16H21N5O. The number of carbonyl (C=O) groups is 1. The minimum atomic E-state index is -0.0382. The molecule has 1 aromatic carbocycles. The van der Waals surface area contributed by atoms with Crippen LogP contribution in [0.3, 0.4) is 0 Å². The lowest BCUT2D eigenvalue weighted by Gasteiger charge is -2.34. The van der Waals surface area contributed by atoms with E-state index in [9.17, 15) is 4.79 Å². The molecule has 1 amide bonds. The summed E-state index contributed by atoms with van der Waals surface area (Å²) in [7, 11) is 0. The molecule has 0 atom stereocenters. The van der Waals surface area contributed by atoms with E-state index in [0.717, 1.165) is 44.7 Å². The molecule has 2 heterocycles. The molecule has 3 rings (SSSR count). The summed E-state index contributed by atoms with van der Waals surface area (Å²) < 4.78 is 0. The summed E-state index contributed by atoms with van der Waals surface area (Å²) in [5, 5.41) is 10.8. The van der Waals surface area contributed by atoms with E-state index in [2.05, 4.69) is 27.2 Å². The average molecular weight is 299 g/mol. The number of hydrogen-bond donors (Lipinski definition) is 1. The fraction of sp³-hybridized carbons (Fsp3) is 0.438. The maximum absolute atomic E-state index is 12.7. The SMILES string of the molecule is CCCN1CCN(C(=O)c2n[nH]nc2-c2ccccc2)CC1. The van der Waals surface area contributed by atoms with Gasteiger partial charge < -0.3 is 4.90 Å². The van der Waals surface area contributed by atoms with Gasteiger partial charge in [-0.05, 0) is 13.0 Å². The van der Waals surface area contributed by atoms with E-state index in [4.69, 9.17) is 0 Å². The Morgan fingerprint density at radius 3 is 2.55 bits per heavy atom. The lowest BCUT2D eigenvalue weighted by Crippen LogP contribution is -2.48. The molecule has 0 radical (unpaired) electrons. The van der Waals surface area contributed by atoms with Crippen LogP contribution >= 0.6 is 0 Å². The Kier molecular flexibility index (Phi) is 4.48. The molecule has 0 spiro atoms. The molecule has 6 heteroatoms. The fourth-order valence-corrected chi connectivity index (χ4v) is 2.82. The Hall–Kier alpha value is -2.21. The number of nitrogens with one attached hydrogen (secondary N) is 1. The lowest BCUT2D eigenvalue weighted by atomic mass is 10.1. The fourth-order valence-electron chi connectivity index (χ4n) is 2.82. The number of hydrogen-bond acceptors (Lipinski definition) is 4. The molecule has 1 saturated heterocycles. The van der Waals surface area contributed by atoms with Crippen molar-refractivity contribution in [1.29, 1.82) is 0 Å². The smallest absolute Gasteiger partial charge is 0.276 e. The van der Waals surface area contributed by atoms with Crippen molar-refractivity contribution in [1.82, 2.24) is 25.2 Å². The molecule has 0 unspecified atom stereocenters. The molecule has 1 aliphatic rings. The highest BCUT2D eigenvalue weighted by molar-refractivity contribution is 5.97. The van der Waals surface area contributed by atoms with Crippen LogP contribution in [0.15, 0.2) is 30.3 Å². The zero-order valence-corrected chi connectivity index (χ0v) is 12.8. The summed E-state index contributed by atoms with van der Waals surface area (Å²) in [4.78, 5) is 17.0. The van der Waals surface area contributed by atoms with Gasteiger partial charge in [-0.15, -0.1) is 0 Å². The van der Waals surface area contributed by atoms with Gasteiger partial charge in [-0.1, -0.05) is 37.3 Å². The zero-order valence-electron chi connectivity index (χ0n) is 12.8. The standard InChI is InChI=1S/C16H21N5O/c1-2-8-20-9-11-21(12-10-20)16(22)15-14(17-19-18-15)13-6-4-3-5-7-13/h3-7H,2,8-12H2,1H3,(H,17,18,19). The molecule has 1 aliphatic heterocycles. The summed E-state index contributed by atoms with van der Waals surface area (Å²) in [6.45, 7) is 6.64. The van der Waals surface area contributed by atoms with Gasteiger partial charge in [0.05, 0.1) is 0 Å². The van der Waals surface area contributed by atoms with Crippen molar-refractivity contribution in [2.45, 2.75) is 13.3 Å². The first kappa shape index (κ1) is 14.7. The molecule has 2 aromatic rings. The van der Waals surface area contributed by atoms with Crippen LogP contribution in [-0.4, -0.2) is 63.8 Å². The lowest BCUT2D eigenvalue weighted by molar-refractivity contribution is 0.0632. The predicted molar refractivity (Wildman–Crippen MR) is 84.5 cm³/mol. The van der Waals surface area contributed by atoms with Crippen LogP contribution in [0, 0.1) is 0 Å². The van der Waals surface area contributed by atoms with Crippen LogP contribution in [0.25, 0.3) is 11.3 Å². The first-order valence-electron chi connectivity index (χ1n) is 7.77. The van der Waals surface area contributed by atoms with Gasteiger partial charge in [-0.3, -0.25) is 9.69 Å². The van der Waals surface area contributed by atoms with Gasteiger partial charge in [0.2, 0.25) is 0 Å². The maximum atomic E-state index is 12.7. The van der Waals surface area contributed by atoms with Gasteiger partial charge in [0, 0.05) is 31.7 Å². The molecule has 0 aliphatic carbocycles. The Morgan fingerprint density at radius 1 is 1.14 bits per heavy atom. The number of aromatic nitrogens is 3.